The lowest BCUT2D eigenvalue weighted by atomic mass is 10.4. The van der Waals surface area contributed by atoms with Gasteiger partial charge in [-0.25, -0.2) is 13.2 Å². The number of nitrogens with zero attached hydrogens (tertiary/aromatic N) is 2. The average molecular weight is 287 g/mol. The summed E-state index contributed by atoms with van der Waals surface area (Å²) < 4.78 is 27.6. The van der Waals surface area contributed by atoms with Crippen LogP contribution in [0.5, 0.6) is 0 Å². The second-order valence-corrected chi connectivity index (χ2v) is 6.24. The Hall–Kier alpha value is -1.38. The molecule has 0 aromatic carbocycles. The number of carboxylic acid groups (broad SMARTS) is 1. The van der Waals surface area contributed by atoms with Gasteiger partial charge in [0.05, 0.1) is 0 Å². The molecule has 1 aliphatic rings. The Balaban J connectivity index is 2.37. The standard InChI is InChI=1S/C11H17N3O4S/c1-2-13-8-9(7-10(13)11(15)16)19(17,18)14-5-3-12-4-6-14/h7-8,12H,2-6H2,1H3,(H,15,16). The number of piperazine rings is 1. The third-order valence-corrected chi connectivity index (χ3v) is 5.01. The van der Waals surface area contributed by atoms with Crippen molar-refractivity contribution >= 4 is 16.0 Å². The molecule has 0 aliphatic carbocycles. The third-order valence-electron chi connectivity index (χ3n) is 3.15. The maximum atomic E-state index is 12.4. The Kier molecular flexibility index (Phi) is 3.93. The van der Waals surface area contributed by atoms with Crippen LogP contribution in [0.2, 0.25) is 0 Å². The number of nitrogens with one attached hydrogen (secondary N) is 1. The van der Waals surface area contributed by atoms with E-state index in [1.54, 1.807) is 6.92 Å². The van der Waals surface area contributed by atoms with E-state index in [1.807, 2.05) is 0 Å². The fraction of sp³-hybridized carbons (Fsp3) is 0.545. The molecule has 0 atom stereocenters. The number of aromatic nitrogens is 1. The molecule has 0 spiro atoms. The van der Waals surface area contributed by atoms with Gasteiger partial charge in [-0.2, -0.15) is 4.31 Å². The van der Waals surface area contributed by atoms with Crippen molar-refractivity contribution in [2.24, 2.45) is 0 Å². The van der Waals surface area contributed by atoms with E-state index in [0.29, 0.717) is 32.7 Å². The molecule has 7 nitrogen and oxygen atoms in total. The Morgan fingerprint density at radius 3 is 2.53 bits per heavy atom. The number of aryl methyl sites for hydroxylation is 1. The van der Waals surface area contributed by atoms with Gasteiger partial charge < -0.3 is 15.0 Å². The minimum absolute atomic E-state index is 0.00351. The highest BCUT2D eigenvalue weighted by molar-refractivity contribution is 7.89. The Morgan fingerprint density at radius 1 is 1.42 bits per heavy atom. The lowest BCUT2D eigenvalue weighted by molar-refractivity contribution is 0.0685. The van der Waals surface area contributed by atoms with Crippen molar-refractivity contribution in [3.63, 3.8) is 0 Å². The number of hydrogen-bond donors (Lipinski definition) is 2. The molecule has 2 heterocycles. The summed E-state index contributed by atoms with van der Waals surface area (Å²) in [5.74, 6) is -1.12. The van der Waals surface area contributed by atoms with Crippen LogP contribution < -0.4 is 5.32 Å². The molecule has 0 amide bonds. The van der Waals surface area contributed by atoms with Crippen LogP contribution in [0, 0.1) is 0 Å². The molecule has 1 aromatic rings. The molecule has 19 heavy (non-hydrogen) atoms. The van der Waals surface area contributed by atoms with Crippen molar-refractivity contribution in [3.05, 3.63) is 18.0 Å². The van der Waals surface area contributed by atoms with E-state index in [2.05, 4.69) is 5.32 Å². The van der Waals surface area contributed by atoms with Gasteiger partial charge in [0.2, 0.25) is 10.0 Å². The molecule has 106 valence electrons. The summed E-state index contributed by atoms with van der Waals surface area (Å²) in [5.41, 5.74) is -0.00351. The van der Waals surface area contributed by atoms with Crippen LogP contribution in [0.15, 0.2) is 17.2 Å². The van der Waals surface area contributed by atoms with Gasteiger partial charge in [0, 0.05) is 38.9 Å². The molecule has 0 unspecified atom stereocenters. The zero-order chi connectivity index (χ0) is 14.0. The molecule has 0 saturated carbocycles. The van der Waals surface area contributed by atoms with Gasteiger partial charge in [0.25, 0.3) is 0 Å². The Bertz CT molecular complexity index is 573. The lowest BCUT2D eigenvalue weighted by Gasteiger charge is -2.26. The van der Waals surface area contributed by atoms with Gasteiger partial charge in [-0.05, 0) is 13.0 Å². The van der Waals surface area contributed by atoms with Crippen LogP contribution >= 0.6 is 0 Å². The maximum absolute atomic E-state index is 12.4. The summed E-state index contributed by atoms with van der Waals surface area (Å²) in [6.45, 7) is 4.22. The molecular formula is C11H17N3O4S. The minimum Gasteiger partial charge on any atom is -0.477 e. The summed E-state index contributed by atoms with van der Waals surface area (Å²) >= 11 is 0. The molecule has 1 aliphatic heterocycles. The van der Waals surface area contributed by atoms with Crippen molar-refractivity contribution in [1.82, 2.24) is 14.2 Å². The van der Waals surface area contributed by atoms with Crippen molar-refractivity contribution in [1.29, 1.82) is 0 Å². The van der Waals surface area contributed by atoms with Crippen LogP contribution in [0.25, 0.3) is 0 Å². The minimum atomic E-state index is -3.60. The molecule has 2 rings (SSSR count). The van der Waals surface area contributed by atoms with Crippen LogP contribution in [-0.4, -0.2) is 54.5 Å². The summed E-state index contributed by atoms with van der Waals surface area (Å²) in [6.07, 6.45) is 1.39. The number of carboxylic acids is 1. The van der Waals surface area contributed by atoms with E-state index in [0.717, 1.165) is 0 Å². The monoisotopic (exact) mass is 287 g/mol. The molecule has 8 heteroatoms. The molecule has 2 N–H and O–H groups in total. The van der Waals surface area contributed by atoms with Crippen LogP contribution in [0.1, 0.15) is 17.4 Å². The molecule has 1 saturated heterocycles. The summed E-state index contributed by atoms with van der Waals surface area (Å²) in [6, 6.07) is 1.23. The van der Waals surface area contributed by atoms with Gasteiger partial charge in [-0.1, -0.05) is 0 Å². The number of sulfonamides is 1. The van der Waals surface area contributed by atoms with E-state index in [9.17, 15) is 13.2 Å². The third kappa shape index (κ3) is 2.65. The van der Waals surface area contributed by atoms with Crippen molar-refractivity contribution < 1.29 is 18.3 Å². The highest BCUT2D eigenvalue weighted by Crippen LogP contribution is 2.19. The van der Waals surface area contributed by atoms with Crippen molar-refractivity contribution in [3.8, 4) is 0 Å². The summed E-state index contributed by atoms with van der Waals surface area (Å²) in [4.78, 5) is 11.1. The van der Waals surface area contributed by atoms with E-state index >= 15 is 0 Å². The number of aromatic carboxylic acids is 1. The fourth-order valence-electron chi connectivity index (χ4n) is 2.10. The first kappa shape index (κ1) is 14.0. The quantitative estimate of drug-likeness (QED) is 0.800. The summed E-state index contributed by atoms with van der Waals surface area (Å²) in [5, 5.41) is 12.1. The predicted molar refractivity (Wildman–Crippen MR) is 68.7 cm³/mol. The molecular weight excluding hydrogens is 270 g/mol. The van der Waals surface area contributed by atoms with Crippen molar-refractivity contribution in [2.45, 2.75) is 18.4 Å². The largest absolute Gasteiger partial charge is 0.477 e. The van der Waals surface area contributed by atoms with Gasteiger partial charge in [0.1, 0.15) is 10.6 Å². The Morgan fingerprint density at radius 2 is 2.05 bits per heavy atom. The first-order chi connectivity index (χ1) is 8.96. The SMILES string of the molecule is CCn1cc(S(=O)(=O)N2CCNCC2)cc1C(=O)O. The topological polar surface area (TPSA) is 91.6 Å². The highest BCUT2D eigenvalue weighted by atomic mass is 32.2. The molecule has 1 aromatic heterocycles. The van der Waals surface area contributed by atoms with Gasteiger partial charge in [-0.3, -0.25) is 0 Å². The lowest BCUT2D eigenvalue weighted by Crippen LogP contribution is -2.46. The fourth-order valence-corrected chi connectivity index (χ4v) is 3.58. The van der Waals surface area contributed by atoms with E-state index in [-0.39, 0.29) is 10.6 Å². The second-order valence-electron chi connectivity index (χ2n) is 4.31. The van der Waals surface area contributed by atoms with Gasteiger partial charge >= 0.3 is 5.97 Å². The normalized spacial score (nSPS) is 17.5. The first-order valence-corrected chi connectivity index (χ1v) is 7.55. The van der Waals surface area contributed by atoms with Crippen molar-refractivity contribution in [2.75, 3.05) is 26.2 Å². The summed E-state index contributed by atoms with van der Waals surface area (Å²) in [7, 11) is -3.60. The zero-order valence-electron chi connectivity index (χ0n) is 10.7. The first-order valence-electron chi connectivity index (χ1n) is 6.11. The van der Waals surface area contributed by atoms with Gasteiger partial charge in [0.15, 0.2) is 0 Å². The molecule has 1 fully saturated rings. The van der Waals surface area contributed by atoms with E-state index in [1.165, 1.54) is 21.1 Å². The van der Waals surface area contributed by atoms with E-state index < -0.39 is 16.0 Å². The molecule has 0 radical (unpaired) electrons. The van der Waals surface area contributed by atoms with Crippen LogP contribution in [0.3, 0.4) is 0 Å². The number of carbonyl (C=O) groups is 1. The predicted octanol–water partition coefficient (Wildman–Crippen LogP) is -0.200. The van der Waals surface area contributed by atoms with Gasteiger partial charge in [-0.15, -0.1) is 0 Å². The maximum Gasteiger partial charge on any atom is 0.352 e. The number of rotatable bonds is 4. The Labute approximate surface area is 111 Å². The highest BCUT2D eigenvalue weighted by Gasteiger charge is 2.28. The average Bonchev–Trinajstić information content (AvgIpc) is 2.84. The second kappa shape index (κ2) is 5.32. The number of hydrogen-bond acceptors (Lipinski definition) is 4. The van der Waals surface area contributed by atoms with E-state index in [4.69, 9.17) is 5.11 Å². The smallest absolute Gasteiger partial charge is 0.352 e. The van der Waals surface area contributed by atoms with Crippen LogP contribution in [-0.2, 0) is 16.6 Å². The van der Waals surface area contributed by atoms with Crippen LogP contribution in [0.4, 0.5) is 0 Å². The zero-order valence-corrected chi connectivity index (χ0v) is 11.5. The molecule has 0 bridgehead atoms.